The first-order valence-corrected chi connectivity index (χ1v) is 15.1. The molecule has 9 rings (SSSR count). The molecule has 0 N–H and O–H groups in total. The average Bonchev–Trinajstić information content (AvgIpc) is 3.40. The highest BCUT2D eigenvalue weighted by Gasteiger charge is 2.31. The predicted octanol–water partition coefficient (Wildman–Crippen LogP) is 11.9. The number of halogens is 2. The number of allylic oxidation sites excluding steroid dienone is 1. The second kappa shape index (κ2) is 9.59. The number of rotatable bonds is 3. The van der Waals surface area contributed by atoms with Crippen LogP contribution in [0.5, 0.6) is 0 Å². The maximum Gasteiger partial charge on any atom is 0.123 e. The zero-order valence-electron chi connectivity index (χ0n) is 23.9. The topological polar surface area (TPSA) is 0 Å². The first-order chi connectivity index (χ1) is 21.7. The molecule has 0 aliphatic heterocycles. The molecule has 0 amide bonds. The lowest BCUT2D eigenvalue weighted by Gasteiger charge is -2.20. The molecule has 0 aromatic heterocycles. The number of aryl methyl sites for hydroxylation is 1. The summed E-state index contributed by atoms with van der Waals surface area (Å²) in [6.45, 7) is 0. The van der Waals surface area contributed by atoms with Crippen LogP contribution in [0.2, 0.25) is 0 Å². The summed E-state index contributed by atoms with van der Waals surface area (Å²) in [6, 6.07) is 40.1. The van der Waals surface area contributed by atoms with Crippen molar-refractivity contribution < 1.29 is 8.78 Å². The van der Waals surface area contributed by atoms with Crippen LogP contribution in [0.4, 0.5) is 8.78 Å². The van der Waals surface area contributed by atoms with Crippen molar-refractivity contribution in [3.63, 3.8) is 0 Å². The summed E-state index contributed by atoms with van der Waals surface area (Å²) in [5.74, 6) is -0.513. The Hall–Kier alpha value is -5.34. The number of hydrogen-bond donors (Lipinski definition) is 0. The van der Waals surface area contributed by atoms with Crippen LogP contribution in [0.25, 0.3) is 83.3 Å². The van der Waals surface area contributed by atoms with Crippen molar-refractivity contribution in [3.8, 4) is 55.6 Å². The average molecular weight is 569 g/mol. The molecule has 44 heavy (non-hydrogen) atoms. The lowest BCUT2D eigenvalue weighted by atomic mass is 9.82. The van der Waals surface area contributed by atoms with E-state index in [2.05, 4.69) is 84.9 Å². The van der Waals surface area contributed by atoms with E-state index in [-0.39, 0.29) is 11.6 Å². The molecule has 0 spiro atoms. The zero-order valence-corrected chi connectivity index (χ0v) is 23.9. The maximum absolute atomic E-state index is 14.2. The summed E-state index contributed by atoms with van der Waals surface area (Å²) in [4.78, 5) is 0. The summed E-state index contributed by atoms with van der Waals surface area (Å²) in [7, 11) is 0. The fourth-order valence-electron chi connectivity index (χ4n) is 7.49. The van der Waals surface area contributed by atoms with E-state index >= 15 is 0 Å². The second-order valence-electron chi connectivity index (χ2n) is 11.8. The Morgan fingerprint density at radius 2 is 1.02 bits per heavy atom. The highest BCUT2D eigenvalue weighted by molar-refractivity contribution is 6.28. The van der Waals surface area contributed by atoms with Crippen LogP contribution in [-0.4, -0.2) is 0 Å². The minimum atomic E-state index is -0.256. The predicted molar refractivity (Wildman–Crippen MR) is 179 cm³/mol. The van der Waals surface area contributed by atoms with E-state index in [9.17, 15) is 8.78 Å². The first kappa shape index (κ1) is 25.2. The second-order valence-corrected chi connectivity index (χ2v) is 11.8. The van der Waals surface area contributed by atoms with Crippen molar-refractivity contribution in [2.45, 2.75) is 12.8 Å². The van der Waals surface area contributed by atoms with Crippen LogP contribution in [0.15, 0.2) is 127 Å². The molecule has 7 aromatic rings. The SMILES string of the molecule is Fc1ccc(-c2c3c(c(-c4ccc(F)cc4)c4ccccc24)-c2ccc(-c4ccc5c(c4)CCC=C5)c4cccc-3c24)cc1. The van der Waals surface area contributed by atoms with Crippen LogP contribution >= 0.6 is 0 Å². The van der Waals surface area contributed by atoms with Crippen LogP contribution in [0.3, 0.4) is 0 Å². The van der Waals surface area contributed by atoms with Gasteiger partial charge in [-0.3, -0.25) is 0 Å². The number of benzene rings is 7. The minimum Gasteiger partial charge on any atom is -0.207 e. The molecular weight excluding hydrogens is 542 g/mol. The molecule has 0 radical (unpaired) electrons. The van der Waals surface area contributed by atoms with Gasteiger partial charge in [0, 0.05) is 0 Å². The van der Waals surface area contributed by atoms with Gasteiger partial charge in [-0.05, 0) is 125 Å². The highest BCUT2D eigenvalue weighted by Crippen LogP contribution is 2.58. The molecule has 0 atom stereocenters. The molecule has 2 heteroatoms. The third-order valence-corrected chi connectivity index (χ3v) is 9.39. The first-order valence-electron chi connectivity index (χ1n) is 15.1. The lowest BCUT2D eigenvalue weighted by molar-refractivity contribution is 0.627. The molecular formula is C42H26F2. The van der Waals surface area contributed by atoms with Gasteiger partial charge >= 0.3 is 0 Å². The lowest BCUT2D eigenvalue weighted by Crippen LogP contribution is -1.94. The molecule has 0 nitrogen and oxygen atoms in total. The van der Waals surface area contributed by atoms with Gasteiger partial charge in [0.25, 0.3) is 0 Å². The molecule has 208 valence electrons. The van der Waals surface area contributed by atoms with E-state index in [1.54, 1.807) is 0 Å². The van der Waals surface area contributed by atoms with Crippen molar-refractivity contribution >= 4 is 27.6 Å². The summed E-state index contributed by atoms with van der Waals surface area (Å²) < 4.78 is 28.4. The molecule has 2 aliphatic rings. The van der Waals surface area contributed by atoms with Crippen molar-refractivity contribution in [1.29, 1.82) is 0 Å². The Balaban J connectivity index is 1.41. The highest BCUT2D eigenvalue weighted by atomic mass is 19.1. The van der Waals surface area contributed by atoms with E-state index < -0.39 is 0 Å². The molecule has 2 aliphatic carbocycles. The van der Waals surface area contributed by atoms with E-state index in [1.807, 2.05) is 24.3 Å². The fraction of sp³-hybridized carbons (Fsp3) is 0.0476. The Kier molecular flexibility index (Phi) is 5.49. The normalized spacial score (nSPS) is 13.0. The summed E-state index contributed by atoms with van der Waals surface area (Å²) in [5, 5.41) is 4.61. The van der Waals surface area contributed by atoms with Gasteiger partial charge in [0.15, 0.2) is 0 Å². The quantitative estimate of drug-likeness (QED) is 0.199. The van der Waals surface area contributed by atoms with Gasteiger partial charge in [-0.2, -0.15) is 0 Å². The van der Waals surface area contributed by atoms with Crippen molar-refractivity contribution in [3.05, 3.63) is 150 Å². The van der Waals surface area contributed by atoms with Crippen LogP contribution in [0, 0.1) is 11.6 Å². The van der Waals surface area contributed by atoms with Gasteiger partial charge in [-0.15, -0.1) is 0 Å². The maximum atomic E-state index is 14.2. The van der Waals surface area contributed by atoms with E-state index in [0.29, 0.717) is 0 Å². The van der Waals surface area contributed by atoms with Crippen molar-refractivity contribution in [1.82, 2.24) is 0 Å². The van der Waals surface area contributed by atoms with Gasteiger partial charge in [0.1, 0.15) is 11.6 Å². The monoisotopic (exact) mass is 568 g/mol. The number of hydrogen-bond acceptors (Lipinski definition) is 0. The van der Waals surface area contributed by atoms with Gasteiger partial charge in [0.05, 0.1) is 0 Å². The molecule has 7 aromatic carbocycles. The number of fused-ring (bicyclic) bond motifs is 5. The van der Waals surface area contributed by atoms with Crippen LogP contribution in [-0.2, 0) is 6.42 Å². The Morgan fingerprint density at radius 1 is 0.455 bits per heavy atom. The molecule has 0 saturated carbocycles. The molecule has 0 saturated heterocycles. The zero-order chi connectivity index (χ0) is 29.4. The molecule has 0 heterocycles. The molecule has 0 unspecified atom stereocenters. The fourth-order valence-corrected chi connectivity index (χ4v) is 7.49. The van der Waals surface area contributed by atoms with Gasteiger partial charge in [-0.1, -0.05) is 109 Å². The van der Waals surface area contributed by atoms with Crippen molar-refractivity contribution in [2.75, 3.05) is 0 Å². The summed E-state index contributed by atoms with van der Waals surface area (Å²) >= 11 is 0. The molecule has 0 bridgehead atoms. The van der Waals surface area contributed by atoms with Gasteiger partial charge < -0.3 is 0 Å². The van der Waals surface area contributed by atoms with Gasteiger partial charge in [-0.25, -0.2) is 8.78 Å². The summed E-state index contributed by atoms with van der Waals surface area (Å²) in [5.41, 5.74) is 13.9. The Morgan fingerprint density at radius 3 is 1.68 bits per heavy atom. The molecule has 0 fully saturated rings. The van der Waals surface area contributed by atoms with E-state index in [0.717, 1.165) is 57.0 Å². The largest absolute Gasteiger partial charge is 0.207 e. The Bertz CT molecular complexity index is 2230. The minimum absolute atomic E-state index is 0.256. The smallest absolute Gasteiger partial charge is 0.123 e. The van der Waals surface area contributed by atoms with Gasteiger partial charge in [0.2, 0.25) is 0 Å². The standard InChI is InChI=1S/C42H26F2/c43-30-18-14-26(15-19-30)38-34-8-3-4-9-35(34)39(27-16-20-31(44)21-17-27)42-37-23-22-32(33-10-5-11-36(40(33)37)41(38)42)29-13-12-25-6-1-2-7-28(25)24-29/h1,3-6,8-24H,2,7H2. The van der Waals surface area contributed by atoms with E-state index in [4.69, 9.17) is 0 Å². The third-order valence-electron chi connectivity index (χ3n) is 9.39. The third kappa shape index (κ3) is 3.67. The van der Waals surface area contributed by atoms with Crippen LogP contribution in [0.1, 0.15) is 17.5 Å². The summed E-state index contributed by atoms with van der Waals surface area (Å²) in [6.07, 6.45) is 6.60. The van der Waals surface area contributed by atoms with Crippen molar-refractivity contribution in [2.24, 2.45) is 0 Å². The Labute approximate surface area is 254 Å². The van der Waals surface area contributed by atoms with Crippen LogP contribution < -0.4 is 0 Å². The van der Waals surface area contributed by atoms with E-state index in [1.165, 1.54) is 68.4 Å².